The number of anilines is 1. The highest BCUT2D eigenvalue weighted by molar-refractivity contribution is 7.80. The van der Waals surface area contributed by atoms with Crippen LogP contribution in [0.15, 0.2) is 66.7 Å². The van der Waals surface area contributed by atoms with Crippen LogP contribution < -0.4 is 10.6 Å². The molecule has 0 spiro atoms. The van der Waals surface area contributed by atoms with Gasteiger partial charge in [-0.05, 0) is 75.4 Å². The van der Waals surface area contributed by atoms with Crippen molar-refractivity contribution < 1.29 is 24.2 Å². The minimum Gasteiger partial charge on any atom is -0.508 e. The van der Waals surface area contributed by atoms with E-state index in [0.717, 1.165) is 17.2 Å². The molecule has 3 aromatic rings. The number of fused-ring (bicyclic) bond motifs is 1. The van der Waals surface area contributed by atoms with Crippen molar-refractivity contribution in [1.29, 1.82) is 0 Å². The third-order valence-corrected chi connectivity index (χ3v) is 7.20. The zero-order valence-electron chi connectivity index (χ0n) is 25.3. The van der Waals surface area contributed by atoms with E-state index in [0.29, 0.717) is 18.0 Å². The van der Waals surface area contributed by atoms with Crippen LogP contribution in [0, 0.1) is 5.92 Å². The van der Waals surface area contributed by atoms with Crippen molar-refractivity contribution in [2.75, 3.05) is 11.1 Å². The number of phenols is 1. The second kappa shape index (κ2) is 14.4. The molecule has 226 valence electrons. The van der Waals surface area contributed by atoms with Gasteiger partial charge in [0.25, 0.3) is 5.91 Å². The van der Waals surface area contributed by atoms with Crippen molar-refractivity contribution in [1.82, 2.24) is 10.2 Å². The van der Waals surface area contributed by atoms with Gasteiger partial charge in [-0.15, -0.1) is 0 Å². The van der Waals surface area contributed by atoms with Gasteiger partial charge in [0.2, 0.25) is 5.91 Å². The molecule has 3 N–H and O–H groups in total. The van der Waals surface area contributed by atoms with Crippen molar-refractivity contribution in [3.8, 4) is 5.75 Å². The normalized spacial score (nSPS) is 13.7. The van der Waals surface area contributed by atoms with Crippen LogP contribution in [-0.4, -0.2) is 51.4 Å². The molecule has 0 aromatic heterocycles. The van der Waals surface area contributed by atoms with Gasteiger partial charge in [0.1, 0.15) is 23.4 Å². The summed E-state index contributed by atoms with van der Waals surface area (Å²) >= 11 is 4.36. The van der Waals surface area contributed by atoms with Gasteiger partial charge in [0.15, 0.2) is 0 Å². The number of benzene rings is 3. The maximum atomic E-state index is 14.3. The Kier molecular flexibility index (Phi) is 11.3. The maximum absolute atomic E-state index is 14.3. The van der Waals surface area contributed by atoms with Gasteiger partial charge in [-0.3, -0.25) is 9.59 Å². The van der Waals surface area contributed by atoms with Gasteiger partial charge in [0.05, 0.1) is 0 Å². The molecule has 3 atom stereocenters. The Morgan fingerprint density at radius 3 is 2.19 bits per heavy atom. The minimum absolute atomic E-state index is 0.0226. The number of nitrogens with one attached hydrogen (secondary N) is 2. The molecule has 3 rings (SSSR count). The summed E-state index contributed by atoms with van der Waals surface area (Å²) in [5.74, 6) is -0.779. The van der Waals surface area contributed by atoms with Crippen LogP contribution in [0.5, 0.6) is 5.75 Å². The van der Waals surface area contributed by atoms with E-state index < -0.39 is 41.6 Å². The third-order valence-electron chi connectivity index (χ3n) is 6.84. The van der Waals surface area contributed by atoms with Gasteiger partial charge in [0, 0.05) is 23.0 Å². The van der Waals surface area contributed by atoms with Crippen molar-refractivity contribution >= 4 is 47.0 Å². The van der Waals surface area contributed by atoms with Crippen molar-refractivity contribution in [2.45, 2.75) is 78.1 Å². The lowest BCUT2D eigenvalue weighted by Gasteiger charge is -2.38. The number of amides is 3. The monoisotopic (exact) mass is 593 g/mol. The Labute approximate surface area is 254 Å². The summed E-state index contributed by atoms with van der Waals surface area (Å²) < 4.78 is 5.39. The lowest BCUT2D eigenvalue weighted by molar-refractivity contribution is -0.143. The second-order valence-electron chi connectivity index (χ2n) is 12.0. The Morgan fingerprint density at radius 2 is 1.57 bits per heavy atom. The molecular formula is C33H43N3O5S. The topological polar surface area (TPSA) is 108 Å². The average molecular weight is 594 g/mol. The number of hydrogen-bond acceptors (Lipinski definition) is 6. The van der Waals surface area contributed by atoms with E-state index in [9.17, 15) is 19.5 Å². The van der Waals surface area contributed by atoms with E-state index in [1.54, 1.807) is 45.0 Å². The van der Waals surface area contributed by atoms with Crippen LogP contribution in [-0.2, 0) is 14.3 Å². The maximum Gasteiger partial charge on any atom is 0.408 e. The van der Waals surface area contributed by atoms with Crippen molar-refractivity contribution in [2.24, 2.45) is 5.92 Å². The quantitative estimate of drug-likeness (QED) is 0.185. The fraction of sp³-hybridized carbons (Fsp3) is 0.424. The Hall–Kier alpha value is -3.72. The van der Waals surface area contributed by atoms with E-state index in [2.05, 4.69) is 37.1 Å². The Balaban J connectivity index is 2.06. The van der Waals surface area contributed by atoms with Crippen LogP contribution in [0.2, 0.25) is 0 Å². The number of alkyl carbamates (subject to hydrolysis) is 1. The molecule has 0 saturated heterocycles. The predicted octanol–water partition coefficient (Wildman–Crippen LogP) is 6.70. The molecular weight excluding hydrogens is 550 g/mol. The fourth-order valence-electron chi connectivity index (χ4n) is 4.74. The number of rotatable bonds is 11. The Bertz CT molecular complexity index is 1390. The smallest absolute Gasteiger partial charge is 0.408 e. The van der Waals surface area contributed by atoms with E-state index in [1.807, 2.05) is 43.3 Å². The number of aromatic hydroxyl groups is 1. The minimum atomic E-state index is -1.20. The van der Waals surface area contributed by atoms with Gasteiger partial charge >= 0.3 is 6.09 Å². The molecule has 0 fully saturated rings. The highest BCUT2D eigenvalue weighted by Crippen LogP contribution is 2.33. The van der Waals surface area contributed by atoms with Crippen molar-refractivity contribution in [3.05, 3.63) is 72.3 Å². The number of phenolic OH excluding ortho intramolecular Hbond substituents is 1. The van der Waals surface area contributed by atoms with Crippen LogP contribution in [0.1, 0.15) is 66.0 Å². The summed E-state index contributed by atoms with van der Waals surface area (Å²) in [6.45, 7) is 11.2. The Morgan fingerprint density at radius 1 is 0.929 bits per heavy atom. The number of hydrogen-bond donors (Lipinski definition) is 4. The number of carbonyl (C=O) groups is 3. The molecule has 0 saturated carbocycles. The molecule has 0 aliphatic heterocycles. The molecule has 0 heterocycles. The zero-order chi connectivity index (χ0) is 31.0. The third kappa shape index (κ3) is 8.89. The highest BCUT2D eigenvalue weighted by atomic mass is 32.1. The second-order valence-corrected chi connectivity index (χ2v) is 12.3. The van der Waals surface area contributed by atoms with Gasteiger partial charge < -0.3 is 25.4 Å². The van der Waals surface area contributed by atoms with E-state index in [4.69, 9.17) is 4.74 Å². The first-order valence-corrected chi connectivity index (χ1v) is 14.9. The first-order valence-electron chi connectivity index (χ1n) is 14.3. The van der Waals surface area contributed by atoms with E-state index in [1.165, 1.54) is 11.0 Å². The summed E-state index contributed by atoms with van der Waals surface area (Å²) in [5, 5.41) is 18.5. The summed E-state index contributed by atoms with van der Waals surface area (Å²) in [6, 6.07) is 17.2. The number of thiol groups is 1. The molecule has 0 bridgehead atoms. The van der Waals surface area contributed by atoms with Crippen LogP contribution >= 0.6 is 12.6 Å². The van der Waals surface area contributed by atoms with E-state index >= 15 is 0 Å². The summed E-state index contributed by atoms with van der Waals surface area (Å²) in [4.78, 5) is 42.6. The van der Waals surface area contributed by atoms with Crippen LogP contribution in [0.25, 0.3) is 10.8 Å². The highest BCUT2D eigenvalue weighted by Gasteiger charge is 2.39. The number of ether oxygens (including phenoxy) is 1. The largest absolute Gasteiger partial charge is 0.508 e. The van der Waals surface area contributed by atoms with Crippen molar-refractivity contribution in [3.63, 3.8) is 0 Å². The summed E-state index contributed by atoms with van der Waals surface area (Å²) in [7, 11) is 0. The molecule has 9 heteroatoms. The molecule has 3 amide bonds. The number of nitrogens with zero attached hydrogens (tertiary/aromatic N) is 1. The number of para-hydroxylation sites is 1. The lowest BCUT2D eigenvalue weighted by Crippen LogP contribution is -2.55. The fourth-order valence-corrected chi connectivity index (χ4v) is 4.99. The molecule has 8 nitrogen and oxygen atoms in total. The van der Waals surface area contributed by atoms with E-state index in [-0.39, 0.29) is 17.1 Å². The molecule has 0 aliphatic rings. The molecule has 3 unspecified atom stereocenters. The van der Waals surface area contributed by atoms with Crippen LogP contribution in [0.3, 0.4) is 0 Å². The van der Waals surface area contributed by atoms with Gasteiger partial charge in [-0.2, -0.15) is 12.6 Å². The molecule has 42 heavy (non-hydrogen) atoms. The van der Waals surface area contributed by atoms with Crippen LogP contribution in [0.4, 0.5) is 10.5 Å². The van der Waals surface area contributed by atoms with Gasteiger partial charge in [-0.25, -0.2) is 4.79 Å². The SMILES string of the molecule is CC(C)CCC(C)N(C(=O)C(CS)NC(=O)OC(C)(C)C)C(C(=O)Nc1ccc2ccccc2c1)c1ccccc1O. The molecule has 0 aliphatic carbocycles. The summed E-state index contributed by atoms with van der Waals surface area (Å²) in [6.07, 6.45) is 0.641. The number of carbonyl (C=O) groups excluding carboxylic acids is 3. The first kappa shape index (κ1) is 32.8. The molecule has 3 aromatic carbocycles. The zero-order valence-corrected chi connectivity index (χ0v) is 26.2. The molecule has 0 radical (unpaired) electrons. The standard InChI is InChI=1S/C33H43N3O5S/c1-21(2)15-16-22(3)36(31(39)27(20-42)35-32(40)41-33(4,5)6)29(26-13-9-10-14-28(26)37)30(38)34-25-18-17-23-11-7-8-12-24(23)19-25/h7-14,17-19,21-22,27,29,37,42H,15-16,20H2,1-6H3,(H,34,38)(H,35,40). The first-order chi connectivity index (χ1) is 19.8. The average Bonchev–Trinajstić information content (AvgIpc) is 2.92. The lowest BCUT2D eigenvalue weighted by atomic mass is 9.96. The predicted molar refractivity (Wildman–Crippen MR) is 171 cm³/mol. The summed E-state index contributed by atoms with van der Waals surface area (Å²) in [5.41, 5.74) is 0.0612. The van der Waals surface area contributed by atoms with Gasteiger partial charge in [-0.1, -0.05) is 62.4 Å².